The van der Waals surface area contributed by atoms with Gasteiger partial charge in [-0.05, 0) is 43.3 Å². The highest BCUT2D eigenvalue weighted by Gasteiger charge is 2.40. The van der Waals surface area contributed by atoms with Crippen molar-refractivity contribution in [3.63, 3.8) is 0 Å². The van der Waals surface area contributed by atoms with Crippen LogP contribution < -0.4 is 25.0 Å². The molecule has 192 valence electrons. The largest absolute Gasteiger partial charge is 0.490 e. The van der Waals surface area contributed by atoms with Crippen molar-refractivity contribution >= 4 is 22.6 Å². The molecule has 4 rings (SSSR count). The van der Waals surface area contributed by atoms with Crippen molar-refractivity contribution in [2.45, 2.75) is 13.1 Å². The third-order valence-corrected chi connectivity index (χ3v) is 4.96. The van der Waals surface area contributed by atoms with Gasteiger partial charge in [0.05, 0.1) is 17.7 Å². The summed E-state index contributed by atoms with van der Waals surface area (Å²) in [6, 6.07) is 15.0. The molecule has 0 aliphatic heterocycles. The van der Waals surface area contributed by atoms with E-state index in [4.69, 9.17) is 18.6 Å². The van der Waals surface area contributed by atoms with Crippen molar-refractivity contribution in [1.29, 1.82) is 0 Å². The van der Waals surface area contributed by atoms with E-state index in [9.17, 15) is 27.2 Å². The number of carbonyl (C=O) groups is 1. The van der Waals surface area contributed by atoms with Crippen LogP contribution in [-0.4, -0.2) is 19.1 Å². The first-order valence-corrected chi connectivity index (χ1v) is 10.9. The predicted octanol–water partition coefficient (Wildman–Crippen LogP) is 6.16. The van der Waals surface area contributed by atoms with Crippen molar-refractivity contribution in [2.75, 3.05) is 18.5 Å². The number of nitrogens with one attached hydrogen (secondary N) is 1. The Morgan fingerprint density at radius 1 is 0.973 bits per heavy atom. The summed E-state index contributed by atoms with van der Waals surface area (Å²) >= 11 is 0. The Balaban J connectivity index is 1.63. The Morgan fingerprint density at radius 3 is 2.38 bits per heavy atom. The quantitative estimate of drug-likeness (QED) is 0.282. The molecule has 1 N–H and O–H groups in total. The average Bonchev–Trinajstić information content (AvgIpc) is 2.86. The smallest absolute Gasteiger partial charge is 0.453 e. The van der Waals surface area contributed by atoms with Crippen LogP contribution in [0.3, 0.4) is 0 Å². The van der Waals surface area contributed by atoms with E-state index in [-0.39, 0.29) is 34.9 Å². The molecule has 1 aromatic heterocycles. The van der Waals surface area contributed by atoms with Gasteiger partial charge in [0.15, 0.2) is 18.1 Å². The fourth-order valence-electron chi connectivity index (χ4n) is 3.34. The number of fused-ring (bicyclic) bond motifs is 1. The summed E-state index contributed by atoms with van der Waals surface area (Å²) in [5.74, 6) is -4.06. The van der Waals surface area contributed by atoms with Crippen LogP contribution in [0.5, 0.6) is 23.0 Å². The van der Waals surface area contributed by atoms with Crippen molar-refractivity contribution in [3.8, 4) is 23.0 Å². The minimum absolute atomic E-state index is 0.0529. The molecule has 7 nitrogen and oxygen atoms in total. The van der Waals surface area contributed by atoms with Gasteiger partial charge in [-0.25, -0.2) is 4.39 Å². The molecule has 0 saturated heterocycles. The van der Waals surface area contributed by atoms with Crippen LogP contribution in [0.25, 0.3) is 11.0 Å². The van der Waals surface area contributed by atoms with E-state index >= 15 is 0 Å². The molecule has 0 radical (unpaired) electrons. The molecule has 0 bridgehead atoms. The molecule has 4 aromatic rings. The summed E-state index contributed by atoms with van der Waals surface area (Å²) in [6.07, 6.45) is -5.07. The van der Waals surface area contributed by atoms with Gasteiger partial charge in [0.1, 0.15) is 17.1 Å². The van der Waals surface area contributed by atoms with Crippen LogP contribution in [-0.2, 0) is 11.0 Å². The number of rotatable bonds is 8. The molecule has 11 heteroatoms. The standard InChI is InChI=1S/C26H19F4NO6/c1-2-34-19-9-5-6-10-20(19)36-24-23(33)16-12-11-15(13-21(16)37-25(24)26(28,29)30)35-14-22(32)31-18-8-4-3-7-17(18)27/h3-13H,2,14H2,1H3,(H,31,32). The van der Waals surface area contributed by atoms with Gasteiger partial charge in [-0.15, -0.1) is 0 Å². The Bertz CT molecular complexity index is 1500. The van der Waals surface area contributed by atoms with Gasteiger partial charge in [-0.2, -0.15) is 13.2 Å². The van der Waals surface area contributed by atoms with Gasteiger partial charge in [-0.1, -0.05) is 24.3 Å². The maximum absolute atomic E-state index is 13.8. The number of para-hydroxylation sites is 3. The second-order valence-corrected chi connectivity index (χ2v) is 7.54. The zero-order valence-corrected chi connectivity index (χ0v) is 19.2. The zero-order chi connectivity index (χ0) is 26.6. The van der Waals surface area contributed by atoms with Gasteiger partial charge in [0.2, 0.25) is 11.2 Å². The molecule has 1 heterocycles. The topological polar surface area (TPSA) is 87.0 Å². The summed E-state index contributed by atoms with van der Waals surface area (Å²) < 4.78 is 76.3. The van der Waals surface area contributed by atoms with Gasteiger partial charge in [0.25, 0.3) is 11.7 Å². The lowest BCUT2D eigenvalue weighted by Gasteiger charge is -2.15. The number of anilines is 1. The molecular formula is C26H19F4NO6. The van der Waals surface area contributed by atoms with Crippen LogP contribution in [0.4, 0.5) is 23.2 Å². The molecule has 0 unspecified atom stereocenters. The minimum Gasteiger partial charge on any atom is -0.490 e. The summed E-state index contributed by atoms with van der Waals surface area (Å²) in [6.45, 7) is 1.33. The number of hydrogen-bond donors (Lipinski definition) is 1. The van der Waals surface area contributed by atoms with Gasteiger partial charge in [-0.3, -0.25) is 9.59 Å². The van der Waals surface area contributed by atoms with E-state index in [2.05, 4.69) is 5.32 Å². The summed E-state index contributed by atoms with van der Waals surface area (Å²) in [5, 5.41) is 2.10. The SMILES string of the molecule is CCOc1ccccc1Oc1c(C(F)(F)F)oc2cc(OCC(=O)Nc3ccccc3F)ccc2c1=O. The highest BCUT2D eigenvalue weighted by Crippen LogP contribution is 2.40. The molecule has 0 fully saturated rings. The number of hydrogen-bond acceptors (Lipinski definition) is 6. The van der Waals surface area contributed by atoms with Crippen molar-refractivity contribution < 1.29 is 41.0 Å². The number of ether oxygens (including phenoxy) is 3. The van der Waals surface area contributed by atoms with Gasteiger partial charge >= 0.3 is 6.18 Å². The van der Waals surface area contributed by atoms with E-state index in [1.807, 2.05) is 0 Å². The van der Waals surface area contributed by atoms with E-state index in [0.717, 1.165) is 12.1 Å². The fourth-order valence-corrected chi connectivity index (χ4v) is 3.34. The van der Waals surface area contributed by atoms with E-state index in [0.29, 0.717) is 0 Å². The molecular weight excluding hydrogens is 498 g/mol. The van der Waals surface area contributed by atoms with E-state index < -0.39 is 47.0 Å². The third kappa shape index (κ3) is 5.83. The van der Waals surface area contributed by atoms with Crippen LogP contribution in [0.1, 0.15) is 12.7 Å². The Hall–Kier alpha value is -4.54. The lowest BCUT2D eigenvalue weighted by molar-refractivity contribution is -0.154. The van der Waals surface area contributed by atoms with Crippen molar-refractivity contribution in [1.82, 2.24) is 0 Å². The summed E-state index contributed by atoms with van der Waals surface area (Å²) in [4.78, 5) is 25.1. The first kappa shape index (κ1) is 25.5. The Morgan fingerprint density at radius 2 is 1.68 bits per heavy atom. The normalized spacial score (nSPS) is 11.3. The average molecular weight is 517 g/mol. The van der Waals surface area contributed by atoms with Gasteiger partial charge in [0, 0.05) is 6.07 Å². The number of benzene rings is 3. The molecule has 0 saturated carbocycles. The Labute approximate surface area is 207 Å². The first-order chi connectivity index (χ1) is 17.7. The monoisotopic (exact) mass is 517 g/mol. The predicted molar refractivity (Wildman–Crippen MR) is 126 cm³/mol. The lowest BCUT2D eigenvalue weighted by Crippen LogP contribution is -2.20. The number of halogens is 4. The fraction of sp³-hybridized carbons (Fsp3) is 0.154. The highest BCUT2D eigenvalue weighted by molar-refractivity contribution is 5.92. The molecule has 0 atom stereocenters. The van der Waals surface area contributed by atoms with Crippen LogP contribution in [0.2, 0.25) is 0 Å². The van der Waals surface area contributed by atoms with Crippen molar-refractivity contribution in [2.24, 2.45) is 0 Å². The maximum atomic E-state index is 13.8. The highest BCUT2D eigenvalue weighted by atomic mass is 19.4. The van der Waals surface area contributed by atoms with E-state index in [1.54, 1.807) is 13.0 Å². The minimum atomic E-state index is -5.07. The second kappa shape index (κ2) is 10.6. The van der Waals surface area contributed by atoms with E-state index in [1.165, 1.54) is 48.5 Å². The number of alkyl halides is 3. The van der Waals surface area contributed by atoms with Gasteiger partial charge < -0.3 is 23.9 Å². The molecule has 3 aromatic carbocycles. The van der Waals surface area contributed by atoms with Crippen LogP contribution >= 0.6 is 0 Å². The van der Waals surface area contributed by atoms with Crippen LogP contribution in [0, 0.1) is 5.82 Å². The molecule has 0 aliphatic rings. The molecule has 37 heavy (non-hydrogen) atoms. The van der Waals surface area contributed by atoms with Crippen LogP contribution in [0.15, 0.2) is 75.9 Å². The first-order valence-electron chi connectivity index (χ1n) is 10.9. The molecule has 1 amide bonds. The second-order valence-electron chi connectivity index (χ2n) is 7.54. The number of carbonyl (C=O) groups excluding carboxylic acids is 1. The van der Waals surface area contributed by atoms with Crippen molar-refractivity contribution in [3.05, 3.63) is 88.5 Å². The lowest BCUT2D eigenvalue weighted by atomic mass is 10.2. The Kier molecular flexibility index (Phi) is 7.32. The summed E-state index contributed by atoms with van der Waals surface area (Å²) in [7, 11) is 0. The number of amides is 1. The third-order valence-electron chi connectivity index (χ3n) is 4.96. The zero-order valence-electron chi connectivity index (χ0n) is 19.2. The summed E-state index contributed by atoms with van der Waals surface area (Å²) in [5.41, 5.74) is -1.56. The molecule has 0 aliphatic carbocycles. The maximum Gasteiger partial charge on any atom is 0.453 e. The molecule has 0 spiro atoms.